The highest BCUT2D eigenvalue weighted by atomic mass is 19.1. The minimum atomic E-state index is -1.38. The first-order valence-corrected chi connectivity index (χ1v) is 6.91. The van der Waals surface area contributed by atoms with Crippen molar-refractivity contribution in [2.45, 2.75) is 13.0 Å². The van der Waals surface area contributed by atoms with Crippen LogP contribution in [0.5, 0.6) is 0 Å². The van der Waals surface area contributed by atoms with Crippen LogP contribution in [0.3, 0.4) is 0 Å². The fraction of sp³-hybridized carbons (Fsp3) is 0.133. The van der Waals surface area contributed by atoms with Crippen molar-refractivity contribution in [2.75, 3.05) is 10.7 Å². The number of nitrogens with zero attached hydrogens (tertiary/aromatic N) is 1. The topological polar surface area (TPSA) is 112 Å². The molecule has 0 aliphatic carbocycles. The molecule has 8 nitrogen and oxygen atoms in total. The molecule has 1 heterocycles. The lowest BCUT2D eigenvalue weighted by Crippen LogP contribution is -2.43. The Kier molecular flexibility index (Phi) is 5.15. The average molecular weight is 334 g/mol. The second kappa shape index (κ2) is 7.27. The molecule has 3 amide bonds. The van der Waals surface area contributed by atoms with Gasteiger partial charge in [-0.05, 0) is 19.1 Å². The Balaban J connectivity index is 2.13. The molecule has 126 valence electrons. The smallest absolute Gasteiger partial charge is 0.405 e. The number of rotatable bonds is 5. The third-order valence-corrected chi connectivity index (χ3v) is 3.01. The van der Waals surface area contributed by atoms with Gasteiger partial charge in [0.2, 0.25) is 0 Å². The summed E-state index contributed by atoms with van der Waals surface area (Å²) in [5.74, 6) is -2.11. The third kappa shape index (κ3) is 4.32. The molecule has 2 aromatic rings. The number of carbonyl (C=O) groups excluding carboxylic acids is 2. The predicted octanol–water partition coefficient (Wildman–Crippen LogP) is 1.61. The van der Waals surface area contributed by atoms with E-state index in [1.54, 1.807) is 30.3 Å². The van der Waals surface area contributed by atoms with Gasteiger partial charge in [-0.1, -0.05) is 18.2 Å². The van der Waals surface area contributed by atoms with Gasteiger partial charge in [-0.15, -0.1) is 0 Å². The van der Waals surface area contributed by atoms with Gasteiger partial charge in [0.25, 0.3) is 11.8 Å². The lowest BCUT2D eigenvalue weighted by molar-refractivity contribution is -0.118. The fourth-order valence-corrected chi connectivity index (χ4v) is 1.88. The molecule has 1 unspecified atom stereocenters. The first kappa shape index (κ1) is 17.0. The van der Waals surface area contributed by atoms with Gasteiger partial charge in [-0.2, -0.15) is 0 Å². The highest BCUT2D eigenvalue weighted by Crippen LogP contribution is 2.11. The van der Waals surface area contributed by atoms with Crippen LogP contribution in [0, 0.1) is 5.82 Å². The molecule has 0 bridgehead atoms. The maximum Gasteiger partial charge on any atom is 0.405 e. The Morgan fingerprint density at radius 1 is 1.21 bits per heavy atom. The van der Waals surface area contributed by atoms with Crippen LogP contribution in [-0.4, -0.2) is 33.7 Å². The first-order chi connectivity index (χ1) is 11.4. The van der Waals surface area contributed by atoms with Crippen LogP contribution in [0.25, 0.3) is 0 Å². The number of hydrogen-bond donors (Lipinski definition) is 4. The van der Waals surface area contributed by atoms with E-state index in [0.29, 0.717) is 5.69 Å². The normalized spacial score (nSPS) is 11.4. The highest BCUT2D eigenvalue weighted by Gasteiger charge is 2.19. The summed E-state index contributed by atoms with van der Waals surface area (Å²) < 4.78 is 14.4. The van der Waals surface area contributed by atoms with Crippen molar-refractivity contribution >= 4 is 23.6 Å². The number of amides is 3. The van der Waals surface area contributed by atoms with Crippen LogP contribution in [-0.2, 0) is 4.79 Å². The van der Waals surface area contributed by atoms with Crippen molar-refractivity contribution in [2.24, 2.45) is 0 Å². The van der Waals surface area contributed by atoms with Gasteiger partial charge in [-0.25, -0.2) is 9.18 Å². The summed E-state index contributed by atoms with van der Waals surface area (Å²) in [6.07, 6.45) is -0.468. The summed E-state index contributed by atoms with van der Waals surface area (Å²) in [6, 6.07) is 8.38. The molecule has 0 aliphatic heterocycles. The number of carbonyl (C=O) groups is 3. The van der Waals surface area contributed by atoms with Crippen molar-refractivity contribution in [3.05, 3.63) is 54.1 Å². The summed E-state index contributed by atoms with van der Waals surface area (Å²) >= 11 is 0. The van der Waals surface area contributed by atoms with Gasteiger partial charge in [0, 0.05) is 11.8 Å². The Bertz CT molecular complexity index is 760. The number of nitrogens with one attached hydrogen (secondary N) is 3. The zero-order chi connectivity index (χ0) is 17.7. The molecule has 0 fully saturated rings. The number of halogens is 1. The van der Waals surface area contributed by atoms with Crippen molar-refractivity contribution in [1.29, 1.82) is 0 Å². The van der Waals surface area contributed by atoms with Crippen molar-refractivity contribution in [3.8, 4) is 0 Å². The first-order valence-electron chi connectivity index (χ1n) is 6.91. The molecule has 2 rings (SSSR count). The van der Waals surface area contributed by atoms with E-state index < -0.39 is 29.8 Å². The van der Waals surface area contributed by atoms with Crippen molar-refractivity contribution in [1.82, 2.24) is 9.99 Å². The third-order valence-electron chi connectivity index (χ3n) is 3.01. The lowest BCUT2D eigenvalue weighted by Gasteiger charge is -2.14. The van der Waals surface area contributed by atoms with E-state index in [4.69, 9.17) is 5.11 Å². The number of para-hydroxylation sites is 1. The highest BCUT2D eigenvalue weighted by molar-refractivity contribution is 6.04. The largest absolute Gasteiger partial charge is 0.465 e. The van der Waals surface area contributed by atoms with E-state index in [-0.39, 0.29) is 5.69 Å². The second-order valence-corrected chi connectivity index (χ2v) is 4.88. The van der Waals surface area contributed by atoms with Gasteiger partial charge in [0.1, 0.15) is 17.6 Å². The molecule has 1 atom stereocenters. The number of aromatic nitrogens is 1. The van der Waals surface area contributed by atoms with Crippen LogP contribution in [0.2, 0.25) is 0 Å². The molecule has 0 radical (unpaired) electrons. The average Bonchev–Trinajstić information content (AvgIpc) is 2.88. The van der Waals surface area contributed by atoms with Gasteiger partial charge in [0.15, 0.2) is 0 Å². The maximum atomic E-state index is 13.5. The fourth-order valence-electron chi connectivity index (χ4n) is 1.88. The lowest BCUT2D eigenvalue weighted by atomic mass is 10.3. The Morgan fingerprint density at radius 3 is 2.50 bits per heavy atom. The van der Waals surface area contributed by atoms with Crippen LogP contribution in [0.15, 0.2) is 42.6 Å². The summed E-state index contributed by atoms with van der Waals surface area (Å²) in [5.41, 5.74) is 2.61. The zero-order valence-corrected chi connectivity index (χ0v) is 12.6. The summed E-state index contributed by atoms with van der Waals surface area (Å²) in [7, 11) is 0. The standard InChI is InChI=1S/C15H15FN4O4/c1-9(17-15(23)24)13(21)19-20-8-10(16)7-12(20)14(22)18-11-5-3-2-4-6-11/h2-9,17H,1H3,(H,18,22)(H,19,21)(H,23,24). The molecule has 0 spiro atoms. The van der Waals surface area contributed by atoms with Gasteiger partial charge in [-0.3, -0.25) is 19.7 Å². The Morgan fingerprint density at radius 2 is 1.88 bits per heavy atom. The Hall–Kier alpha value is -3.36. The van der Waals surface area contributed by atoms with E-state index in [1.807, 2.05) is 5.32 Å². The monoisotopic (exact) mass is 334 g/mol. The van der Waals surface area contributed by atoms with Crippen LogP contribution >= 0.6 is 0 Å². The SMILES string of the molecule is CC(NC(=O)O)C(=O)Nn1cc(F)cc1C(=O)Nc1ccccc1. The van der Waals surface area contributed by atoms with E-state index in [1.165, 1.54) is 6.92 Å². The quantitative estimate of drug-likeness (QED) is 0.665. The van der Waals surface area contributed by atoms with Crippen molar-refractivity contribution in [3.63, 3.8) is 0 Å². The number of anilines is 1. The molecular weight excluding hydrogens is 319 g/mol. The van der Waals surface area contributed by atoms with Crippen LogP contribution in [0.1, 0.15) is 17.4 Å². The summed E-state index contributed by atoms with van der Waals surface area (Å²) in [5, 5.41) is 13.1. The summed E-state index contributed by atoms with van der Waals surface area (Å²) in [4.78, 5) is 34.6. The van der Waals surface area contributed by atoms with E-state index >= 15 is 0 Å². The second-order valence-electron chi connectivity index (χ2n) is 4.88. The molecule has 1 aromatic heterocycles. The van der Waals surface area contributed by atoms with Gasteiger partial charge in [0.05, 0.1) is 6.20 Å². The molecule has 4 N–H and O–H groups in total. The molecular formula is C15H15FN4O4. The number of benzene rings is 1. The molecule has 1 aromatic carbocycles. The predicted molar refractivity (Wildman–Crippen MR) is 83.8 cm³/mol. The van der Waals surface area contributed by atoms with Gasteiger partial charge < -0.3 is 15.7 Å². The molecule has 0 saturated carbocycles. The number of carboxylic acid groups (broad SMARTS) is 1. The minimum absolute atomic E-state index is 0.146. The van der Waals surface area contributed by atoms with Crippen LogP contribution in [0.4, 0.5) is 14.9 Å². The van der Waals surface area contributed by atoms with Gasteiger partial charge >= 0.3 is 6.09 Å². The summed E-state index contributed by atoms with van der Waals surface area (Å²) in [6.45, 7) is 1.31. The zero-order valence-electron chi connectivity index (χ0n) is 12.6. The number of hydrogen-bond acceptors (Lipinski definition) is 3. The van der Waals surface area contributed by atoms with E-state index in [9.17, 15) is 18.8 Å². The molecule has 24 heavy (non-hydrogen) atoms. The molecule has 9 heteroatoms. The van der Waals surface area contributed by atoms with E-state index in [2.05, 4.69) is 10.7 Å². The van der Waals surface area contributed by atoms with E-state index in [0.717, 1.165) is 16.9 Å². The van der Waals surface area contributed by atoms with Crippen LogP contribution < -0.4 is 16.1 Å². The molecule has 0 aliphatic rings. The minimum Gasteiger partial charge on any atom is -0.465 e. The maximum absolute atomic E-state index is 13.5. The van der Waals surface area contributed by atoms with Crippen molar-refractivity contribution < 1.29 is 23.9 Å². The molecule has 0 saturated heterocycles. The Labute approximate surface area is 136 Å².